The van der Waals surface area contributed by atoms with Crippen LogP contribution in [0.5, 0.6) is 0 Å². The molecule has 1 fully saturated rings. The van der Waals surface area contributed by atoms with Gasteiger partial charge in [-0.1, -0.05) is 21.9 Å². The minimum atomic E-state index is -0.582. The lowest BCUT2D eigenvalue weighted by atomic mass is 9.82. The largest absolute Gasteiger partial charge is 0.411 e. The van der Waals surface area contributed by atoms with Gasteiger partial charge in [0.1, 0.15) is 5.78 Å². The van der Waals surface area contributed by atoms with Gasteiger partial charge in [-0.05, 0) is 49.9 Å². The third-order valence-electron chi connectivity index (χ3n) is 4.46. The quantitative estimate of drug-likeness (QED) is 0.515. The third-order valence-corrected chi connectivity index (χ3v) is 4.69. The molecule has 0 radical (unpaired) electrons. The van der Waals surface area contributed by atoms with Crippen LogP contribution in [0.1, 0.15) is 44.1 Å². The summed E-state index contributed by atoms with van der Waals surface area (Å²) in [4.78, 5) is 24.4. The molecule has 1 aromatic carbocycles. The zero-order valence-corrected chi connectivity index (χ0v) is 15.3. The van der Waals surface area contributed by atoms with Crippen LogP contribution in [0.2, 0.25) is 5.02 Å². The SMILES string of the molecule is Cc1cc(Cl)ccc1NC(=O)CCCC(=O)[C@H]1C/C(=N\O)CC/C1=N\O. The van der Waals surface area contributed by atoms with E-state index in [0.717, 1.165) is 5.56 Å². The molecule has 0 heterocycles. The van der Waals surface area contributed by atoms with E-state index >= 15 is 0 Å². The van der Waals surface area contributed by atoms with Gasteiger partial charge < -0.3 is 15.7 Å². The van der Waals surface area contributed by atoms with E-state index in [9.17, 15) is 9.59 Å². The Balaban J connectivity index is 1.84. The number of ketones is 1. The first-order chi connectivity index (χ1) is 12.4. The van der Waals surface area contributed by atoms with Crippen molar-refractivity contribution in [2.24, 2.45) is 16.2 Å². The van der Waals surface area contributed by atoms with Gasteiger partial charge in [-0.15, -0.1) is 0 Å². The number of nitrogens with one attached hydrogen (secondary N) is 1. The molecule has 1 aliphatic carbocycles. The monoisotopic (exact) mass is 379 g/mol. The van der Waals surface area contributed by atoms with Crippen molar-refractivity contribution in [3.63, 3.8) is 0 Å². The molecule has 0 spiro atoms. The van der Waals surface area contributed by atoms with Gasteiger partial charge in [0.15, 0.2) is 0 Å². The predicted octanol–water partition coefficient (Wildman–Crippen LogP) is 3.79. The average Bonchev–Trinajstić information content (AvgIpc) is 2.63. The van der Waals surface area contributed by atoms with E-state index in [4.69, 9.17) is 22.0 Å². The zero-order chi connectivity index (χ0) is 19.1. The number of halogens is 1. The van der Waals surface area contributed by atoms with E-state index in [0.29, 0.717) is 41.4 Å². The lowest BCUT2D eigenvalue weighted by Gasteiger charge is -2.22. The minimum absolute atomic E-state index is 0.117. The van der Waals surface area contributed by atoms with Crippen molar-refractivity contribution in [3.8, 4) is 0 Å². The Morgan fingerprint density at radius 1 is 1.23 bits per heavy atom. The lowest BCUT2D eigenvalue weighted by molar-refractivity contribution is -0.121. The molecule has 3 N–H and O–H groups in total. The van der Waals surface area contributed by atoms with Crippen LogP contribution in [0, 0.1) is 12.8 Å². The Labute approximate surface area is 156 Å². The average molecular weight is 380 g/mol. The smallest absolute Gasteiger partial charge is 0.224 e. The molecular formula is C18H22ClN3O4. The molecular weight excluding hydrogens is 358 g/mol. The standard InChI is InChI=1S/C18H22ClN3O4/c1-11-9-12(19)5-7-15(11)20-18(24)4-2-3-17(23)14-10-13(21-25)6-8-16(14)22-26/h5,7,9,14,25-26H,2-4,6,8,10H2,1H3,(H,20,24)/b21-13-,22-16+/t14-/m0/s1. The second-order valence-corrected chi connectivity index (χ2v) is 6.78. The zero-order valence-electron chi connectivity index (χ0n) is 14.5. The van der Waals surface area contributed by atoms with Crippen LogP contribution in [-0.2, 0) is 9.59 Å². The van der Waals surface area contributed by atoms with Gasteiger partial charge in [-0.25, -0.2) is 0 Å². The first-order valence-electron chi connectivity index (χ1n) is 8.44. The van der Waals surface area contributed by atoms with E-state index in [1.165, 1.54) is 0 Å². The number of hydrogen-bond acceptors (Lipinski definition) is 6. The molecule has 1 saturated carbocycles. The van der Waals surface area contributed by atoms with Crippen LogP contribution < -0.4 is 5.32 Å². The van der Waals surface area contributed by atoms with E-state index in [1.807, 2.05) is 6.92 Å². The fourth-order valence-electron chi connectivity index (χ4n) is 2.99. The van der Waals surface area contributed by atoms with E-state index in [2.05, 4.69) is 15.6 Å². The number of rotatable bonds is 6. The Bertz CT molecular complexity index is 746. The summed E-state index contributed by atoms with van der Waals surface area (Å²) >= 11 is 5.89. The maximum Gasteiger partial charge on any atom is 0.224 e. The summed E-state index contributed by atoms with van der Waals surface area (Å²) in [5, 5.41) is 27.7. The molecule has 0 unspecified atom stereocenters. The summed E-state index contributed by atoms with van der Waals surface area (Å²) in [7, 11) is 0. The summed E-state index contributed by atoms with van der Waals surface area (Å²) in [6, 6.07) is 5.20. The number of amides is 1. The molecule has 1 amide bonds. The van der Waals surface area contributed by atoms with Gasteiger partial charge in [-0.2, -0.15) is 0 Å². The Morgan fingerprint density at radius 3 is 2.65 bits per heavy atom. The molecule has 0 aliphatic heterocycles. The lowest BCUT2D eigenvalue weighted by Crippen LogP contribution is -2.31. The molecule has 140 valence electrons. The van der Waals surface area contributed by atoms with Gasteiger partial charge in [0.2, 0.25) is 5.91 Å². The minimum Gasteiger partial charge on any atom is -0.411 e. The number of carbonyl (C=O) groups excluding carboxylic acids is 2. The van der Waals surface area contributed by atoms with Crippen LogP contribution in [-0.4, -0.2) is 33.5 Å². The van der Waals surface area contributed by atoms with Gasteiger partial charge in [0, 0.05) is 30.0 Å². The molecule has 0 saturated heterocycles. The maximum absolute atomic E-state index is 12.4. The first-order valence-corrected chi connectivity index (χ1v) is 8.81. The molecule has 1 aliphatic rings. The fourth-order valence-corrected chi connectivity index (χ4v) is 3.22. The van der Waals surface area contributed by atoms with Crippen molar-refractivity contribution in [2.45, 2.75) is 45.4 Å². The third kappa shape index (κ3) is 5.29. The fraction of sp³-hybridized carbons (Fsp3) is 0.444. The number of oxime groups is 2. The van der Waals surface area contributed by atoms with E-state index in [-0.39, 0.29) is 31.0 Å². The van der Waals surface area contributed by atoms with Crippen LogP contribution in [0.15, 0.2) is 28.5 Å². The first kappa shape index (κ1) is 19.9. The molecule has 1 aromatic rings. The molecule has 1 atom stereocenters. The topological polar surface area (TPSA) is 111 Å². The van der Waals surface area contributed by atoms with Crippen LogP contribution in [0.3, 0.4) is 0 Å². The Hall–Kier alpha value is -2.41. The van der Waals surface area contributed by atoms with Crippen molar-refractivity contribution in [1.82, 2.24) is 0 Å². The normalized spacial score (nSPS) is 20.3. The number of aryl methyl sites for hydroxylation is 1. The highest BCUT2D eigenvalue weighted by atomic mass is 35.5. The van der Waals surface area contributed by atoms with Crippen molar-refractivity contribution in [2.75, 3.05) is 5.32 Å². The summed E-state index contributed by atoms with van der Waals surface area (Å²) in [5.74, 6) is -0.879. The molecule has 8 heteroatoms. The van der Waals surface area contributed by atoms with Crippen molar-refractivity contribution in [3.05, 3.63) is 28.8 Å². The van der Waals surface area contributed by atoms with Crippen molar-refractivity contribution < 1.29 is 20.0 Å². The Morgan fingerprint density at radius 2 is 2.00 bits per heavy atom. The van der Waals surface area contributed by atoms with Crippen molar-refractivity contribution >= 4 is 40.4 Å². The van der Waals surface area contributed by atoms with Gasteiger partial charge in [0.25, 0.3) is 0 Å². The van der Waals surface area contributed by atoms with Gasteiger partial charge in [0.05, 0.1) is 17.3 Å². The number of nitrogens with zero attached hydrogens (tertiary/aromatic N) is 2. The maximum atomic E-state index is 12.4. The van der Waals surface area contributed by atoms with E-state index < -0.39 is 5.92 Å². The van der Waals surface area contributed by atoms with Crippen LogP contribution >= 0.6 is 11.6 Å². The summed E-state index contributed by atoms with van der Waals surface area (Å²) in [5.41, 5.74) is 2.48. The highest BCUT2D eigenvalue weighted by Crippen LogP contribution is 2.23. The highest BCUT2D eigenvalue weighted by molar-refractivity contribution is 6.30. The second kappa shape index (κ2) is 9.33. The highest BCUT2D eigenvalue weighted by Gasteiger charge is 2.30. The Kier molecular flexibility index (Phi) is 7.15. The predicted molar refractivity (Wildman–Crippen MR) is 99.5 cm³/mol. The van der Waals surface area contributed by atoms with Gasteiger partial charge in [-0.3, -0.25) is 9.59 Å². The second-order valence-electron chi connectivity index (χ2n) is 6.34. The van der Waals surface area contributed by atoms with Crippen molar-refractivity contribution in [1.29, 1.82) is 0 Å². The number of Topliss-reactive ketones (excluding diaryl/α,β-unsaturated/α-hetero) is 1. The van der Waals surface area contributed by atoms with Crippen LogP contribution in [0.25, 0.3) is 0 Å². The number of benzene rings is 1. The summed E-state index contributed by atoms with van der Waals surface area (Å²) in [6.07, 6.45) is 1.90. The number of carbonyl (C=O) groups is 2. The van der Waals surface area contributed by atoms with E-state index in [1.54, 1.807) is 18.2 Å². The summed E-state index contributed by atoms with van der Waals surface area (Å²) < 4.78 is 0. The molecule has 7 nitrogen and oxygen atoms in total. The molecule has 2 rings (SSSR count). The molecule has 26 heavy (non-hydrogen) atoms. The summed E-state index contributed by atoms with van der Waals surface area (Å²) in [6.45, 7) is 1.85. The number of hydrogen-bond donors (Lipinski definition) is 3. The number of anilines is 1. The van der Waals surface area contributed by atoms with Crippen LogP contribution in [0.4, 0.5) is 5.69 Å². The molecule has 0 aromatic heterocycles. The molecule has 0 bridgehead atoms. The van der Waals surface area contributed by atoms with Gasteiger partial charge >= 0.3 is 0 Å².